The molecule has 1 atom stereocenters. The lowest BCUT2D eigenvalue weighted by atomic mass is 10.2. The number of carbonyl (C=O) groups is 1. The molecule has 0 radical (unpaired) electrons. The third-order valence-corrected chi connectivity index (χ3v) is 4.38. The number of hydrogen-bond donors (Lipinski definition) is 0. The second-order valence-corrected chi connectivity index (χ2v) is 6.01. The highest BCUT2D eigenvalue weighted by molar-refractivity contribution is 5.81. The Balaban J connectivity index is 1.71. The SMILES string of the molecule is COc1ccccc1OC(C)C(=O)N1CCCc2c(cnn2C)C1. The number of rotatable bonds is 4. The summed E-state index contributed by atoms with van der Waals surface area (Å²) < 4.78 is 13.0. The number of hydrogen-bond acceptors (Lipinski definition) is 4. The molecule has 0 aliphatic carbocycles. The predicted molar refractivity (Wildman–Crippen MR) is 90.0 cm³/mol. The van der Waals surface area contributed by atoms with E-state index in [2.05, 4.69) is 5.10 Å². The summed E-state index contributed by atoms with van der Waals surface area (Å²) in [4.78, 5) is 14.7. The summed E-state index contributed by atoms with van der Waals surface area (Å²) in [6.07, 6.45) is 3.16. The Hall–Kier alpha value is -2.50. The van der Waals surface area contributed by atoms with Gasteiger partial charge in [-0.1, -0.05) is 12.1 Å². The molecule has 1 amide bonds. The number of benzene rings is 1. The lowest BCUT2D eigenvalue weighted by Gasteiger charge is -2.25. The van der Waals surface area contributed by atoms with Gasteiger partial charge in [-0.15, -0.1) is 0 Å². The van der Waals surface area contributed by atoms with Crippen LogP contribution in [0.2, 0.25) is 0 Å². The Bertz CT molecular complexity index is 726. The minimum absolute atomic E-state index is 0.0161. The number of methoxy groups -OCH3 is 1. The minimum atomic E-state index is -0.570. The van der Waals surface area contributed by atoms with Gasteiger partial charge in [0.25, 0.3) is 5.91 Å². The number of para-hydroxylation sites is 2. The normalized spacial score (nSPS) is 15.4. The van der Waals surface area contributed by atoms with E-state index >= 15 is 0 Å². The summed E-state index contributed by atoms with van der Waals surface area (Å²) in [7, 11) is 3.54. The maximum Gasteiger partial charge on any atom is 0.263 e. The quantitative estimate of drug-likeness (QED) is 0.863. The number of carbonyl (C=O) groups excluding carboxylic acids is 1. The molecule has 1 aromatic heterocycles. The van der Waals surface area contributed by atoms with Crippen molar-refractivity contribution >= 4 is 5.91 Å². The van der Waals surface area contributed by atoms with Gasteiger partial charge in [0.1, 0.15) is 0 Å². The van der Waals surface area contributed by atoms with E-state index in [0.29, 0.717) is 18.0 Å². The first-order valence-electron chi connectivity index (χ1n) is 8.18. The van der Waals surface area contributed by atoms with E-state index in [-0.39, 0.29) is 5.91 Å². The summed E-state index contributed by atoms with van der Waals surface area (Å²) in [6.45, 7) is 3.10. The molecule has 2 heterocycles. The lowest BCUT2D eigenvalue weighted by molar-refractivity contribution is -0.138. The molecule has 6 heteroatoms. The Kier molecular flexibility index (Phi) is 4.74. The molecule has 0 N–H and O–H groups in total. The van der Waals surface area contributed by atoms with Crippen LogP contribution in [0.5, 0.6) is 11.5 Å². The first-order chi connectivity index (χ1) is 11.6. The molecule has 0 saturated heterocycles. The smallest absolute Gasteiger partial charge is 0.263 e. The van der Waals surface area contributed by atoms with Gasteiger partial charge in [-0.2, -0.15) is 5.10 Å². The van der Waals surface area contributed by atoms with Gasteiger partial charge in [0.2, 0.25) is 0 Å². The second-order valence-electron chi connectivity index (χ2n) is 6.01. The van der Waals surface area contributed by atoms with Crippen molar-refractivity contribution in [2.75, 3.05) is 13.7 Å². The molecule has 128 valence electrons. The molecular weight excluding hydrogens is 306 g/mol. The Labute approximate surface area is 142 Å². The van der Waals surface area contributed by atoms with Crippen LogP contribution in [0.1, 0.15) is 24.6 Å². The highest BCUT2D eigenvalue weighted by Crippen LogP contribution is 2.27. The molecule has 2 aromatic rings. The topological polar surface area (TPSA) is 56.6 Å². The van der Waals surface area contributed by atoms with E-state index in [0.717, 1.165) is 24.9 Å². The summed E-state index contributed by atoms with van der Waals surface area (Å²) in [5, 5.41) is 4.30. The van der Waals surface area contributed by atoms with E-state index in [1.165, 1.54) is 5.69 Å². The largest absolute Gasteiger partial charge is 0.493 e. The van der Waals surface area contributed by atoms with Gasteiger partial charge < -0.3 is 14.4 Å². The van der Waals surface area contributed by atoms with Crippen molar-refractivity contribution in [3.8, 4) is 11.5 Å². The zero-order valence-corrected chi connectivity index (χ0v) is 14.4. The fourth-order valence-corrected chi connectivity index (χ4v) is 3.09. The molecule has 1 aliphatic heterocycles. The first-order valence-corrected chi connectivity index (χ1v) is 8.18. The van der Waals surface area contributed by atoms with Crippen LogP contribution in [0.3, 0.4) is 0 Å². The van der Waals surface area contributed by atoms with Crippen LogP contribution >= 0.6 is 0 Å². The van der Waals surface area contributed by atoms with Crippen LogP contribution in [0.15, 0.2) is 30.5 Å². The number of fused-ring (bicyclic) bond motifs is 1. The minimum Gasteiger partial charge on any atom is -0.493 e. The van der Waals surface area contributed by atoms with Crippen LogP contribution in [0, 0.1) is 0 Å². The van der Waals surface area contributed by atoms with E-state index in [4.69, 9.17) is 9.47 Å². The van der Waals surface area contributed by atoms with Gasteiger partial charge in [-0.3, -0.25) is 9.48 Å². The van der Waals surface area contributed by atoms with Crippen molar-refractivity contribution < 1.29 is 14.3 Å². The Morgan fingerprint density at radius 3 is 2.79 bits per heavy atom. The highest BCUT2D eigenvalue weighted by atomic mass is 16.5. The van der Waals surface area contributed by atoms with Gasteiger partial charge in [0, 0.05) is 31.4 Å². The van der Waals surface area contributed by atoms with Gasteiger partial charge >= 0.3 is 0 Å². The Morgan fingerprint density at radius 1 is 1.29 bits per heavy atom. The standard InChI is InChI=1S/C18H23N3O3/c1-13(24-17-9-5-4-8-16(17)23-3)18(22)21-10-6-7-15-14(12-21)11-19-20(15)2/h4-5,8-9,11,13H,6-7,10,12H2,1-3H3. The molecule has 24 heavy (non-hydrogen) atoms. The molecular formula is C18H23N3O3. The van der Waals surface area contributed by atoms with Gasteiger partial charge in [-0.05, 0) is 31.9 Å². The van der Waals surface area contributed by atoms with Crippen molar-refractivity contribution in [1.82, 2.24) is 14.7 Å². The zero-order valence-electron chi connectivity index (χ0n) is 14.4. The number of aromatic nitrogens is 2. The number of ether oxygens (including phenoxy) is 2. The molecule has 1 aromatic carbocycles. The van der Waals surface area contributed by atoms with Crippen LogP contribution in [0.25, 0.3) is 0 Å². The van der Waals surface area contributed by atoms with Crippen LogP contribution in [-0.4, -0.2) is 40.3 Å². The van der Waals surface area contributed by atoms with Crippen LogP contribution < -0.4 is 9.47 Å². The van der Waals surface area contributed by atoms with Crippen molar-refractivity contribution in [2.24, 2.45) is 7.05 Å². The summed E-state index contributed by atoms with van der Waals surface area (Å²) in [5.41, 5.74) is 2.33. The predicted octanol–water partition coefficient (Wildman–Crippen LogP) is 2.17. The number of nitrogens with zero attached hydrogens (tertiary/aromatic N) is 3. The van der Waals surface area contributed by atoms with Crippen LogP contribution in [-0.2, 0) is 24.8 Å². The molecule has 0 bridgehead atoms. The maximum absolute atomic E-state index is 12.8. The molecule has 6 nitrogen and oxygen atoms in total. The molecule has 1 aliphatic rings. The highest BCUT2D eigenvalue weighted by Gasteiger charge is 2.26. The monoisotopic (exact) mass is 329 g/mol. The van der Waals surface area contributed by atoms with E-state index < -0.39 is 6.10 Å². The third kappa shape index (κ3) is 3.22. The summed E-state index contributed by atoms with van der Waals surface area (Å²) >= 11 is 0. The lowest BCUT2D eigenvalue weighted by Crippen LogP contribution is -2.40. The third-order valence-electron chi connectivity index (χ3n) is 4.38. The zero-order chi connectivity index (χ0) is 17.1. The number of aryl methyl sites for hydroxylation is 1. The molecule has 0 fully saturated rings. The van der Waals surface area contributed by atoms with Crippen molar-refractivity contribution in [1.29, 1.82) is 0 Å². The second kappa shape index (κ2) is 6.95. The van der Waals surface area contributed by atoms with Crippen molar-refractivity contribution in [3.05, 3.63) is 41.7 Å². The van der Waals surface area contributed by atoms with E-state index in [1.807, 2.05) is 47.1 Å². The number of amides is 1. The van der Waals surface area contributed by atoms with E-state index in [9.17, 15) is 4.79 Å². The Morgan fingerprint density at radius 2 is 2.04 bits per heavy atom. The molecule has 3 rings (SSSR count). The van der Waals surface area contributed by atoms with Gasteiger partial charge in [0.05, 0.1) is 13.3 Å². The molecule has 0 saturated carbocycles. The van der Waals surface area contributed by atoms with Crippen molar-refractivity contribution in [2.45, 2.75) is 32.4 Å². The molecule has 0 spiro atoms. The van der Waals surface area contributed by atoms with Gasteiger partial charge in [0.15, 0.2) is 17.6 Å². The van der Waals surface area contributed by atoms with Gasteiger partial charge in [-0.25, -0.2) is 0 Å². The van der Waals surface area contributed by atoms with E-state index in [1.54, 1.807) is 14.0 Å². The van der Waals surface area contributed by atoms with Crippen molar-refractivity contribution in [3.63, 3.8) is 0 Å². The average molecular weight is 329 g/mol. The summed E-state index contributed by atoms with van der Waals surface area (Å²) in [5.74, 6) is 1.19. The molecule has 1 unspecified atom stereocenters. The summed E-state index contributed by atoms with van der Waals surface area (Å²) in [6, 6.07) is 7.37. The fourth-order valence-electron chi connectivity index (χ4n) is 3.09. The average Bonchev–Trinajstić information content (AvgIpc) is 2.82. The fraction of sp³-hybridized carbons (Fsp3) is 0.444. The maximum atomic E-state index is 12.8. The van der Waals surface area contributed by atoms with Crippen LogP contribution in [0.4, 0.5) is 0 Å². The first kappa shape index (κ1) is 16.4.